The first-order valence-corrected chi connectivity index (χ1v) is 7.38. The standard InChI is InChI=1S/C15H20N4O2/c16-6-7-17-8-9-19-13(17)10-18(11-14(19)20)15(21)12-4-2-1-3-5-12/h1-5,13H,6-11,16H2/p+1. The van der Waals surface area contributed by atoms with Gasteiger partial charge in [0.05, 0.1) is 13.1 Å². The van der Waals surface area contributed by atoms with E-state index in [-0.39, 0.29) is 24.5 Å². The van der Waals surface area contributed by atoms with Crippen LogP contribution < -0.4 is 5.73 Å². The third-order valence-electron chi connectivity index (χ3n) is 4.19. The molecule has 0 aromatic heterocycles. The molecule has 1 aromatic rings. The smallest absolute Gasteiger partial charge is 0.254 e. The molecule has 0 spiro atoms. The Balaban J connectivity index is 1.76. The van der Waals surface area contributed by atoms with Crippen LogP contribution in [0.5, 0.6) is 0 Å². The van der Waals surface area contributed by atoms with Crippen LogP contribution in [0.3, 0.4) is 0 Å². The van der Waals surface area contributed by atoms with Crippen LogP contribution in [0.1, 0.15) is 10.4 Å². The highest BCUT2D eigenvalue weighted by Crippen LogP contribution is 2.21. The van der Waals surface area contributed by atoms with E-state index >= 15 is 0 Å². The number of nitrogens with zero attached hydrogens (tertiary/aromatic N) is 3. The van der Waals surface area contributed by atoms with E-state index in [4.69, 9.17) is 0 Å². The lowest BCUT2D eigenvalue weighted by Gasteiger charge is -2.39. The highest BCUT2D eigenvalue weighted by Gasteiger charge is 2.41. The van der Waals surface area contributed by atoms with Crippen LogP contribution in [0, 0.1) is 0 Å². The summed E-state index contributed by atoms with van der Waals surface area (Å²) in [6.45, 7) is 4.07. The summed E-state index contributed by atoms with van der Waals surface area (Å²) in [4.78, 5) is 30.6. The van der Waals surface area contributed by atoms with E-state index in [0.29, 0.717) is 12.1 Å². The quantitative estimate of drug-likeness (QED) is 0.764. The number of hydrogen-bond donors (Lipinski definition) is 1. The third-order valence-corrected chi connectivity index (χ3v) is 4.19. The summed E-state index contributed by atoms with van der Waals surface area (Å²) in [5.74, 6) is -0.0211. The second kappa shape index (κ2) is 5.83. The average Bonchev–Trinajstić information content (AvgIpc) is 2.91. The van der Waals surface area contributed by atoms with Crippen molar-refractivity contribution in [1.82, 2.24) is 14.7 Å². The van der Waals surface area contributed by atoms with Crippen molar-refractivity contribution in [3.8, 4) is 0 Å². The molecule has 2 amide bonds. The lowest BCUT2D eigenvalue weighted by molar-refractivity contribution is -0.369. The van der Waals surface area contributed by atoms with Crippen LogP contribution in [0.25, 0.3) is 0 Å². The van der Waals surface area contributed by atoms with Crippen LogP contribution in [0.2, 0.25) is 0 Å². The predicted molar refractivity (Wildman–Crippen MR) is 77.2 cm³/mol. The fourth-order valence-electron chi connectivity index (χ4n) is 3.13. The summed E-state index contributed by atoms with van der Waals surface area (Å²) < 4.78 is 0. The van der Waals surface area contributed by atoms with Gasteiger partial charge in [-0.2, -0.15) is 0 Å². The van der Waals surface area contributed by atoms with Gasteiger partial charge in [0, 0.05) is 25.2 Å². The van der Waals surface area contributed by atoms with Gasteiger partial charge in [-0.3, -0.25) is 14.5 Å². The van der Waals surface area contributed by atoms with Crippen molar-refractivity contribution in [2.24, 2.45) is 0 Å². The summed E-state index contributed by atoms with van der Waals surface area (Å²) in [7, 11) is 0. The maximum absolute atomic E-state index is 12.5. The van der Waals surface area contributed by atoms with E-state index < -0.39 is 0 Å². The van der Waals surface area contributed by atoms with Gasteiger partial charge in [0.25, 0.3) is 5.91 Å². The summed E-state index contributed by atoms with van der Waals surface area (Å²) >= 11 is 0. The van der Waals surface area contributed by atoms with Gasteiger partial charge in [0.1, 0.15) is 12.7 Å². The van der Waals surface area contributed by atoms with Gasteiger partial charge in [0.15, 0.2) is 0 Å². The van der Waals surface area contributed by atoms with Crippen LogP contribution >= 0.6 is 0 Å². The predicted octanol–water partition coefficient (Wildman–Crippen LogP) is -1.15. The van der Waals surface area contributed by atoms with E-state index in [1.807, 2.05) is 23.1 Å². The summed E-state index contributed by atoms with van der Waals surface area (Å²) in [6.07, 6.45) is 0.0145. The van der Waals surface area contributed by atoms with Gasteiger partial charge in [-0.05, 0) is 12.1 Å². The number of amides is 2. The number of fused-ring (bicyclic) bond motifs is 1. The fraction of sp³-hybridized carbons (Fsp3) is 0.467. The molecule has 2 saturated heterocycles. The minimum Gasteiger partial charge on any atom is -0.356 e. The van der Waals surface area contributed by atoms with E-state index in [1.54, 1.807) is 17.0 Å². The number of carbonyl (C=O) groups excluding carboxylic acids is 2. The molecule has 0 saturated carbocycles. The zero-order chi connectivity index (χ0) is 14.8. The molecule has 0 aliphatic carbocycles. The normalized spacial score (nSPS) is 22.5. The Morgan fingerprint density at radius 1 is 1.24 bits per heavy atom. The molecular formula is C15H21N4O2+. The van der Waals surface area contributed by atoms with Gasteiger partial charge < -0.3 is 15.5 Å². The maximum Gasteiger partial charge on any atom is 0.254 e. The summed E-state index contributed by atoms with van der Waals surface area (Å²) in [6, 6.07) is 9.15. The molecule has 6 heteroatoms. The summed E-state index contributed by atoms with van der Waals surface area (Å²) in [5, 5.41) is 0. The van der Waals surface area contributed by atoms with E-state index in [0.717, 1.165) is 26.2 Å². The molecule has 2 fully saturated rings. The molecule has 2 aliphatic rings. The SMILES string of the molecule is [NH3+]CCN1CCN2C(=O)CN(C(=O)c3ccccc3)CC12. The Kier molecular flexibility index (Phi) is 3.90. The van der Waals surface area contributed by atoms with Crippen molar-refractivity contribution >= 4 is 11.8 Å². The first-order valence-electron chi connectivity index (χ1n) is 7.38. The van der Waals surface area contributed by atoms with E-state index in [2.05, 4.69) is 10.6 Å². The van der Waals surface area contributed by atoms with Crippen LogP contribution in [-0.2, 0) is 4.79 Å². The number of rotatable bonds is 3. The molecule has 21 heavy (non-hydrogen) atoms. The second-order valence-corrected chi connectivity index (χ2v) is 5.51. The van der Waals surface area contributed by atoms with Gasteiger partial charge in [-0.1, -0.05) is 18.2 Å². The zero-order valence-electron chi connectivity index (χ0n) is 12.1. The Morgan fingerprint density at radius 2 is 2.00 bits per heavy atom. The molecule has 6 nitrogen and oxygen atoms in total. The highest BCUT2D eigenvalue weighted by molar-refractivity contribution is 5.97. The van der Waals surface area contributed by atoms with Crippen molar-refractivity contribution in [3.63, 3.8) is 0 Å². The minimum atomic E-state index is -0.0647. The first-order chi connectivity index (χ1) is 10.2. The van der Waals surface area contributed by atoms with Crippen molar-refractivity contribution in [2.45, 2.75) is 6.17 Å². The Hall–Kier alpha value is -1.92. The van der Waals surface area contributed by atoms with Crippen molar-refractivity contribution in [2.75, 3.05) is 39.3 Å². The average molecular weight is 289 g/mol. The number of carbonyl (C=O) groups is 2. The largest absolute Gasteiger partial charge is 0.356 e. The maximum atomic E-state index is 12.5. The van der Waals surface area contributed by atoms with E-state index in [1.165, 1.54) is 0 Å². The van der Waals surface area contributed by atoms with Gasteiger partial charge in [-0.15, -0.1) is 0 Å². The number of benzene rings is 1. The molecule has 1 atom stereocenters. The highest BCUT2D eigenvalue weighted by atomic mass is 16.2. The number of hydrogen-bond acceptors (Lipinski definition) is 3. The molecule has 3 N–H and O–H groups in total. The minimum absolute atomic E-state index is 0.0145. The molecule has 2 aliphatic heterocycles. The Labute approximate surface area is 124 Å². The third kappa shape index (κ3) is 2.64. The van der Waals surface area contributed by atoms with Gasteiger partial charge >= 0.3 is 0 Å². The molecule has 2 heterocycles. The lowest BCUT2D eigenvalue weighted by atomic mass is 10.1. The first kappa shape index (κ1) is 14.0. The number of piperazine rings is 1. The molecule has 3 rings (SSSR count). The molecule has 1 unspecified atom stereocenters. The summed E-state index contributed by atoms with van der Waals surface area (Å²) in [5.41, 5.74) is 4.52. The van der Waals surface area contributed by atoms with Crippen LogP contribution in [0.4, 0.5) is 0 Å². The Morgan fingerprint density at radius 3 is 2.71 bits per heavy atom. The Bertz CT molecular complexity index is 534. The van der Waals surface area contributed by atoms with Crippen LogP contribution in [0.15, 0.2) is 30.3 Å². The van der Waals surface area contributed by atoms with Crippen molar-refractivity contribution in [1.29, 1.82) is 0 Å². The number of quaternary nitrogens is 1. The molecule has 1 aromatic carbocycles. The monoisotopic (exact) mass is 289 g/mol. The fourth-order valence-corrected chi connectivity index (χ4v) is 3.13. The lowest BCUT2D eigenvalue weighted by Crippen LogP contribution is -2.61. The molecular weight excluding hydrogens is 268 g/mol. The topological polar surface area (TPSA) is 71.5 Å². The second-order valence-electron chi connectivity index (χ2n) is 5.51. The van der Waals surface area contributed by atoms with Crippen molar-refractivity contribution < 1.29 is 15.3 Å². The molecule has 0 bridgehead atoms. The molecule has 112 valence electrons. The van der Waals surface area contributed by atoms with Gasteiger partial charge in [0.2, 0.25) is 5.91 Å². The van der Waals surface area contributed by atoms with Gasteiger partial charge in [-0.25, -0.2) is 0 Å². The van der Waals surface area contributed by atoms with Crippen LogP contribution in [-0.4, -0.2) is 71.9 Å². The van der Waals surface area contributed by atoms with E-state index in [9.17, 15) is 9.59 Å². The van der Waals surface area contributed by atoms with Crippen molar-refractivity contribution in [3.05, 3.63) is 35.9 Å². The molecule has 0 radical (unpaired) electrons. The zero-order valence-corrected chi connectivity index (χ0v) is 12.1.